The molecule has 0 saturated heterocycles. The Kier molecular flexibility index (Phi) is 5.99. The second-order valence-electron chi connectivity index (χ2n) is 3.53. The molecule has 0 aliphatic heterocycles. The Bertz CT molecular complexity index is 126. The van der Waals surface area contributed by atoms with Crippen molar-refractivity contribution in [2.45, 2.75) is 46.1 Å². The zero-order valence-electron chi connectivity index (χ0n) is 8.59. The third-order valence-corrected chi connectivity index (χ3v) is 1.98. The van der Waals surface area contributed by atoms with Gasteiger partial charge in [-0.2, -0.15) is 0 Å². The molecule has 2 nitrogen and oxygen atoms in total. The molecule has 72 valence electrons. The smallest absolute Gasteiger partial charge is 0.161 e. The topological polar surface area (TPSA) is 26.3 Å². The average molecular weight is 172 g/mol. The number of carbonyl (C=O) groups excluding carboxylic acids is 1. The molecule has 0 bridgehead atoms. The van der Waals surface area contributed by atoms with Crippen molar-refractivity contribution < 1.29 is 9.53 Å². The molecule has 0 saturated carbocycles. The number of hydrogen-bond acceptors (Lipinski definition) is 2. The van der Waals surface area contributed by atoms with E-state index < -0.39 is 0 Å². The number of ether oxygens (including phenoxy) is 1. The largest absolute Gasteiger partial charge is 0.374 e. The van der Waals surface area contributed by atoms with Crippen LogP contribution >= 0.6 is 0 Å². The monoisotopic (exact) mass is 172 g/mol. The minimum atomic E-state index is -0.177. The van der Waals surface area contributed by atoms with E-state index >= 15 is 0 Å². The molecule has 0 radical (unpaired) electrons. The Balaban J connectivity index is 3.69. The summed E-state index contributed by atoms with van der Waals surface area (Å²) < 4.78 is 5.04. The average Bonchev–Trinajstić information content (AvgIpc) is 2.03. The molecule has 0 aliphatic carbocycles. The van der Waals surface area contributed by atoms with Crippen LogP contribution in [0.15, 0.2) is 0 Å². The summed E-state index contributed by atoms with van der Waals surface area (Å²) in [6.07, 6.45) is 2.24. The van der Waals surface area contributed by atoms with Gasteiger partial charge in [0.15, 0.2) is 5.78 Å². The van der Waals surface area contributed by atoms with E-state index in [-0.39, 0.29) is 11.9 Å². The molecule has 1 atom stereocenters. The first-order valence-corrected chi connectivity index (χ1v) is 4.67. The van der Waals surface area contributed by atoms with Crippen LogP contribution in [0.1, 0.15) is 40.0 Å². The van der Waals surface area contributed by atoms with Gasteiger partial charge in [-0.25, -0.2) is 0 Å². The van der Waals surface area contributed by atoms with E-state index in [0.717, 1.165) is 12.8 Å². The quantitative estimate of drug-likeness (QED) is 0.615. The van der Waals surface area contributed by atoms with Crippen LogP contribution in [0.3, 0.4) is 0 Å². The summed E-state index contributed by atoms with van der Waals surface area (Å²) in [6.45, 7) is 6.23. The van der Waals surface area contributed by atoms with Crippen molar-refractivity contribution in [1.29, 1.82) is 0 Å². The van der Waals surface area contributed by atoms with Gasteiger partial charge in [-0.05, 0) is 18.8 Å². The highest BCUT2D eigenvalue weighted by atomic mass is 16.5. The maximum Gasteiger partial charge on any atom is 0.161 e. The lowest BCUT2D eigenvalue weighted by molar-refractivity contribution is -0.129. The molecular weight excluding hydrogens is 152 g/mol. The van der Waals surface area contributed by atoms with Crippen LogP contribution in [-0.2, 0) is 9.53 Å². The van der Waals surface area contributed by atoms with E-state index in [4.69, 9.17) is 4.74 Å². The lowest BCUT2D eigenvalue weighted by Gasteiger charge is -2.11. The van der Waals surface area contributed by atoms with Crippen LogP contribution in [0.4, 0.5) is 0 Å². The van der Waals surface area contributed by atoms with Gasteiger partial charge in [-0.3, -0.25) is 4.79 Å². The van der Waals surface area contributed by atoms with Crippen LogP contribution in [0, 0.1) is 5.92 Å². The molecule has 0 aromatic heterocycles. The normalized spacial score (nSPS) is 13.4. The maximum absolute atomic E-state index is 11.4. The van der Waals surface area contributed by atoms with Gasteiger partial charge >= 0.3 is 0 Å². The van der Waals surface area contributed by atoms with E-state index in [1.165, 1.54) is 0 Å². The van der Waals surface area contributed by atoms with Crippen molar-refractivity contribution in [2.24, 2.45) is 5.92 Å². The molecule has 0 rings (SSSR count). The summed E-state index contributed by atoms with van der Waals surface area (Å²) in [5, 5.41) is 0. The number of rotatable bonds is 6. The second-order valence-corrected chi connectivity index (χ2v) is 3.53. The second kappa shape index (κ2) is 6.18. The van der Waals surface area contributed by atoms with Crippen LogP contribution in [-0.4, -0.2) is 19.0 Å². The zero-order valence-corrected chi connectivity index (χ0v) is 8.59. The Labute approximate surface area is 75.3 Å². The first kappa shape index (κ1) is 11.6. The fourth-order valence-electron chi connectivity index (χ4n) is 1.12. The van der Waals surface area contributed by atoms with Gasteiger partial charge in [0, 0.05) is 13.5 Å². The number of ketones is 1. The minimum Gasteiger partial charge on any atom is -0.374 e. The number of carbonyl (C=O) groups is 1. The summed E-state index contributed by atoms with van der Waals surface area (Å²) in [6, 6.07) is 0. The molecule has 12 heavy (non-hydrogen) atoms. The first-order valence-electron chi connectivity index (χ1n) is 4.67. The van der Waals surface area contributed by atoms with E-state index in [0.29, 0.717) is 12.3 Å². The van der Waals surface area contributed by atoms with Crippen molar-refractivity contribution in [3.63, 3.8) is 0 Å². The van der Waals surface area contributed by atoms with Crippen LogP contribution in [0.2, 0.25) is 0 Å². The molecule has 0 aliphatic rings. The van der Waals surface area contributed by atoms with Crippen molar-refractivity contribution in [3.05, 3.63) is 0 Å². The van der Waals surface area contributed by atoms with Crippen LogP contribution < -0.4 is 0 Å². The van der Waals surface area contributed by atoms with Gasteiger partial charge in [-0.1, -0.05) is 20.8 Å². The Morgan fingerprint density at radius 2 is 2.00 bits per heavy atom. The van der Waals surface area contributed by atoms with Gasteiger partial charge in [-0.15, -0.1) is 0 Å². The van der Waals surface area contributed by atoms with Gasteiger partial charge < -0.3 is 4.74 Å². The highest BCUT2D eigenvalue weighted by Gasteiger charge is 2.14. The number of Topliss-reactive ketones (excluding diaryl/α,β-unsaturated/α-hetero) is 1. The molecule has 0 amide bonds. The van der Waals surface area contributed by atoms with E-state index in [9.17, 15) is 4.79 Å². The maximum atomic E-state index is 11.4. The Morgan fingerprint density at radius 1 is 1.42 bits per heavy atom. The predicted molar refractivity (Wildman–Crippen MR) is 50.2 cm³/mol. The first-order chi connectivity index (χ1) is 5.61. The lowest BCUT2D eigenvalue weighted by atomic mass is 10.0. The SMILES string of the molecule is CCC(OC)C(=O)CCC(C)C. The molecule has 0 aromatic carbocycles. The third kappa shape index (κ3) is 4.50. The summed E-state index contributed by atoms with van der Waals surface area (Å²) in [7, 11) is 1.60. The highest BCUT2D eigenvalue weighted by molar-refractivity contribution is 5.82. The molecule has 0 fully saturated rings. The standard InChI is InChI=1S/C10H20O2/c1-5-10(12-4)9(11)7-6-8(2)3/h8,10H,5-7H2,1-4H3. The lowest BCUT2D eigenvalue weighted by Crippen LogP contribution is -2.22. The number of methoxy groups -OCH3 is 1. The predicted octanol–water partition coefficient (Wildman–Crippen LogP) is 2.42. The Morgan fingerprint density at radius 3 is 2.33 bits per heavy atom. The van der Waals surface area contributed by atoms with Crippen molar-refractivity contribution >= 4 is 5.78 Å². The van der Waals surface area contributed by atoms with Gasteiger partial charge in [0.2, 0.25) is 0 Å². The van der Waals surface area contributed by atoms with Gasteiger partial charge in [0.25, 0.3) is 0 Å². The minimum absolute atomic E-state index is 0.177. The van der Waals surface area contributed by atoms with Crippen molar-refractivity contribution in [2.75, 3.05) is 7.11 Å². The fourth-order valence-corrected chi connectivity index (χ4v) is 1.12. The molecule has 1 unspecified atom stereocenters. The molecule has 0 aromatic rings. The summed E-state index contributed by atoms with van der Waals surface area (Å²) in [4.78, 5) is 11.4. The summed E-state index contributed by atoms with van der Waals surface area (Å²) in [5.74, 6) is 0.844. The van der Waals surface area contributed by atoms with Crippen molar-refractivity contribution in [1.82, 2.24) is 0 Å². The van der Waals surface area contributed by atoms with E-state index in [1.807, 2.05) is 6.92 Å². The molecule has 0 heterocycles. The summed E-state index contributed by atoms with van der Waals surface area (Å²) in [5.41, 5.74) is 0. The zero-order chi connectivity index (χ0) is 9.56. The molecule has 0 spiro atoms. The third-order valence-electron chi connectivity index (χ3n) is 1.98. The fraction of sp³-hybridized carbons (Fsp3) is 0.900. The molecule has 2 heteroatoms. The van der Waals surface area contributed by atoms with Crippen molar-refractivity contribution in [3.8, 4) is 0 Å². The van der Waals surface area contributed by atoms with Gasteiger partial charge in [0.05, 0.1) is 0 Å². The molecule has 0 N–H and O–H groups in total. The van der Waals surface area contributed by atoms with E-state index in [1.54, 1.807) is 7.11 Å². The Hall–Kier alpha value is -0.370. The van der Waals surface area contributed by atoms with E-state index in [2.05, 4.69) is 13.8 Å². The van der Waals surface area contributed by atoms with Gasteiger partial charge in [0.1, 0.15) is 6.10 Å². The van der Waals surface area contributed by atoms with Crippen LogP contribution in [0.25, 0.3) is 0 Å². The highest BCUT2D eigenvalue weighted by Crippen LogP contribution is 2.08. The summed E-state index contributed by atoms with van der Waals surface area (Å²) >= 11 is 0. The number of hydrogen-bond donors (Lipinski definition) is 0. The van der Waals surface area contributed by atoms with Crippen LogP contribution in [0.5, 0.6) is 0 Å². The molecular formula is C10H20O2.